The van der Waals surface area contributed by atoms with Crippen molar-refractivity contribution in [2.75, 3.05) is 20.8 Å². The summed E-state index contributed by atoms with van der Waals surface area (Å²) in [7, 11) is 3.09. The lowest BCUT2D eigenvalue weighted by Gasteiger charge is -2.33. The number of likely N-dealkylation sites (tertiary alicyclic amines) is 1. The van der Waals surface area contributed by atoms with E-state index in [9.17, 15) is 14.7 Å². The predicted octanol–water partition coefficient (Wildman–Crippen LogP) is 1.71. The van der Waals surface area contributed by atoms with Crippen molar-refractivity contribution < 1.29 is 24.2 Å². The fourth-order valence-electron chi connectivity index (χ4n) is 2.77. The number of aliphatic carboxylic acids is 1. The number of piperidine rings is 1. The average Bonchev–Trinajstić information content (AvgIpc) is 2.54. The molecule has 1 aliphatic heterocycles. The molecule has 120 valence electrons. The molecule has 1 heterocycles. The molecule has 22 heavy (non-hydrogen) atoms. The highest BCUT2D eigenvalue weighted by atomic mass is 16.5. The van der Waals surface area contributed by atoms with Crippen LogP contribution < -0.4 is 9.47 Å². The Bertz CT molecular complexity index is 557. The van der Waals surface area contributed by atoms with Gasteiger partial charge >= 0.3 is 5.97 Å². The number of benzene rings is 1. The van der Waals surface area contributed by atoms with Gasteiger partial charge in [0.2, 0.25) is 5.91 Å². The zero-order valence-electron chi connectivity index (χ0n) is 12.9. The average molecular weight is 307 g/mol. The topological polar surface area (TPSA) is 76.1 Å². The normalized spacial score (nSPS) is 17.9. The van der Waals surface area contributed by atoms with Crippen LogP contribution in [-0.4, -0.2) is 48.7 Å². The molecule has 1 aliphatic rings. The van der Waals surface area contributed by atoms with Crippen LogP contribution >= 0.6 is 0 Å². The molecule has 1 saturated heterocycles. The summed E-state index contributed by atoms with van der Waals surface area (Å²) in [5, 5.41) is 9.27. The van der Waals surface area contributed by atoms with Crippen molar-refractivity contribution in [3.8, 4) is 11.5 Å². The van der Waals surface area contributed by atoms with Gasteiger partial charge in [0.25, 0.3) is 0 Å². The number of carbonyl (C=O) groups is 2. The van der Waals surface area contributed by atoms with Crippen molar-refractivity contribution in [2.45, 2.75) is 31.7 Å². The molecule has 0 radical (unpaired) electrons. The molecule has 1 aromatic carbocycles. The quantitative estimate of drug-likeness (QED) is 0.896. The molecule has 0 aliphatic carbocycles. The third-order valence-electron chi connectivity index (χ3n) is 3.94. The lowest BCUT2D eigenvalue weighted by atomic mass is 10.0. The number of methoxy groups -OCH3 is 2. The minimum atomic E-state index is -0.939. The van der Waals surface area contributed by atoms with Crippen molar-refractivity contribution >= 4 is 11.9 Å². The van der Waals surface area contributed by atoms with E-state index < -0.39 is 12.0 Å². The number of rotatable bonds is 5. The van der Waals surface area contributed by atoms with E-state index in [1.54, 1.807) is 25.3 Å². The van der Waals surface area contributed by atoms with Gasteiger partial charge in [-0.05, 0) is 37.5 Å². The Balaban J connectivity index is 2.18. The number of carboxylic acid groups (broad SMARTS) is 1. The molecule has 0 bridgehead atoms. The van der Waals surface area contributed by atoms with Crippen molar-refractivity contribution in [2.24, 2.45) is 0 Å². The summed E-state index contributed by atoms with van der Waals surface area (Å²) < 4.78 is 10.4. The first-order valence-electron chi connectivity index (χ1n) is 7.30. The fourth-order valence-corrected chi connectivity index (χ4v) is 2.77. The van der Waals surface area contributed by atoms with Gasteiger partial charge in [-0.15, -0.1) is 0 Å². The molecule has 2 rings (SSSR count). The van der Waals surface area contributed by atoms with E-state index in [-0.39, 0.29) is 12.3 Å². The first kappa shape index (κ1) is 16.1. The summed E-state index contributed by atoms with van der Waals surface area (Å²) in [5.41, 5.74) is 0.696. The second kappa shape index (κ2) is 7.15. The van der Waals surface area contributed by atoms with Crippen molar-refractivity contribution in [3.63, 3.8) is 0 Å². The third-order valence-corrected chi connectivity index (χ3v) is 3.94. The fraction of sp³-hybridized carbons (Fsp3) is 0.500. The molecule has 6 heteroatoms. The van der Waals surface area contributed by atoms with Crippen LogP contribution in [0.1, 0.15) is 24.8 Å². The highest BCUT2D eigenvalue weighted by Gasteiger charge is 2.32. The molecule has 1 N–H and O–H groups in total. The summed E-state index contributed by atoms with van der Waals surface area (Å²) >= 11 is 0. The molecule has 1 amide bonds. The Labute approximate surface area is 129 Å². The summed E-state index contributed by atoms with van der Waals surface area (Å²) in [6.45, 7) is 0.488. The Morgan fingerprint density at radius 2 is 2.05 bits per heavy atom. The van der Waals surface area contributed by atoms with Crippen molar-refractivity contribution in [1.29, 1.82) is 0 Å². The van der Waals surface area contributed by atoms with Crippen molar-refractivity contribution in [1.82, 2.24) is 4.90 Å². The largest absolute Gasteiger partial charge is 0.497 e. The zero-order valence-corrected chi connectivity index (χ0v) is 12.9. The summed E-state index contributed by atoms with van der Waals surface area (Å²) in [6.07, 6.45) is 2.29. The second-order valence-corrected chi connectivity index (χ2v) is 5.29. The third kappa shape index (κ3) is 3.50. The number of nitrogens with zero attached hydrogens (tertiary/aromatic N) is 1. The Kier molecular flexibility index (Phi) is 5.25. The van der Waals surface area contributed by atoms with Crippen LogP contribution in [-0.2, 0) is 16.0 Å². The van der Waals surface area contributed by atoms with Gasteiger partial charge in [-0.2, -0.15) is 0 Å². The van der Waals surface area contributed by atoms with Crippen LogP contribution in [0.15, 0.2) is 18.2 Å². The van der Waals surface area contributed by atoms with Gasteiger partial charge < -0.3 is 19.5 Å². The van der Waals surface area contributed by atoms with Crippen molar-refractivity contribution in [3.05, 3.63) is 23.8 Å². The first-order chi connectivity index (χ1) is 10.6. The maximum atomic E-state index is 12.5. The highest BCUT2D eigenvalue weighted by Crippen LogP contribution is 2.26. The van der Waals surface area contributed by atoms with E-state index >= 15 is 0 Å². The van der Waals surface area contributed by atoms with Crippen LogP contribution in [0.4, 0.5) is 0 Å². The van der Waals surface area contributed by atoms with E-state index in [0.717, 1.165) is 12.8 Å². The second-order valence-electron chi connectivity index (χ2n) is 5.29. The predicted molar refractivity (Wildman–Crippen MR) is 80.2 cm³/mol. The summed E-state index contributed by atoms with van der Waals surface area (Å²) in [5.74, 6) is 0.0966. The van der Waals surface area contributed by atoms with Gasteiger partial charge in [-0.25, -0.2) is 4.79 Å². The van der Waals surface area contributed by atoms with E-state index in [2.05, 4.69) is 0 Å². The lowest BCUT2D eigenvalue weighted by Crippen LogP contribution is -2.48. The summed E-state index contributed by atoms with van der Waals surface area (Å²) in [6, 6.07) is 4.52. The number of carbonyl (C=O) groups excluding carboxylic acids is 1. The Morgan fingerprint density at radius 1 is 1.27 bits per heavy atom. The molecular formula is C16H21NO5. The summed E-state index contributed by atoms with van der Waals surface area (Å²) in [4.78, 5) is 25.3. The number of hydrogen-bond donors (Lipinski definition) is 1. The number of carboxylic acids is 1. The maximum Gasteiger partial charge on any atom is 0.326 e. The number of amides is 1. The first-order valence-corrected chi connectivity index (χ1v) is 7.30. The molecule has 0 saturated carbocycles. The van der Waals surface area contributed by atoms with Crippen LogP contribution in [0, 0.1) is 0 Å². The monoisotopic (exact) mass is 307 g/mol. The molecule has 1 aromatic rings. The minimum absolute atomic E-state index is 0.101. The lowest BCUT2D eigenvalue weighted by molar-refractivity contribution is -0.151. The number of hydrogen-bond acceptors (Lipinski definition) is 4. The van der Waals surface area contributed by atoms with Gasteiger partial charge in [0.1, 0.15) is 17.5 Å². The van der Waals surface area contributed by atoms with E-state index in [1.165, 1.54) is 12.0 Å². The van der Waals surface area contributed by atoms with Crippen LogP contribution in [0.25, 0.3) is 0 Å². The minimum Gasteiger partial charge on any atom is -0.497 e. The zero-order chi connectivity index (χ0) is 16.1. The smallest absolute Gasteiger partial charge is 0.326 e. The molecule has 1 fully saturated rings. The highest BCUT2D eigenvalue weighted by molar-refractivity contribution is 5.85. The van der Waals surface area contributed by atoms with Crippen LogP contribution in [0.2, 0.25) is 0 Å². The van der Waals surface area contributed by atoms with Gasteiger partial charge in [-0.1, -0.05) is 0 Å². The molecule has 0 aromatic heterocycles. The standard InChI is InChI=1S/C16H21NO5/c1-21-12-6-7-14(22-2)11(9-12)10-15(18)17-8-4-3-5-13(17)16(19)20/h6-7,9,13H,3-5,8,10H2,1-2H3,(H,19,20)/t13-/m1/s1. The molecule has 0 spiro atoms. The SMILES string of the molecule is COc1ccc(OC)c(CC(=O)N2CCCC[C@@H]2C(=O)O)c1. The van der Waals surface area contributed by atoms with E-state index in [4.69, 9.17) is 9.47 Å². The van der Waals surface area contributed by atoms with E-state index in [0.29, 0.717) is 30.0 Å². The Morgan fingerprint density at radius 3 is 2.68 bits per heavy atom. The maximum absolute atomic E-state index is 12.5. The molecule has 0 unspecified atom stereocenters. The van der Waals surface area contributed by atoms with Gasteiger partial charge in [0.15, 0.2) is 0 Å². The van der Waals surface area contributed by atoms with Crippen LogP contribution in [0.5, 0.6) is 11.5 Å². The Hall–Kier alpha value is -2.24. The van der Waals surface area contributed by atoms with E-state index in [1.807, 2.05) is 0 Å². The number of ether oxygens (including phenoxy) is 2. The molecular weight excluding hydrogens is 286 g/mol. The molecule has 1 atom stereocenters. The molecule has 6 nitrogen and oxygen atoms in total. The van der Waals surface area contributed by atoms with Gasteiger partial charge in [0.05, 0.1) is 20.6 Å². The van der Waals surface area contributed by atoms with Gasteiger partial charge in [0, 0.05) is 12.1 Å². The van der Waals surface area contributed by atoms with Gasteiger partial charge in [-0.3, -0.25) is 4.79 Å². The van der Waals surface area contributed by atoms with Crippen LogP contribution in [0.3, 0.4) is 0 Å².